The molecule has 1 N–H and O–H groups in total. The monoisotopic (exact) mass is 465 g/mol. The minimum atomic E-state index is -2.61. The second-order valence-electron chi connectivity index (χ2n) is 5.01. The minimum Gasteiger partial charge on any atom is -0.492 e. The summed E-state index contributed by atoms with van der Waals surface area (Å²) in [6, 6.07) is 9.51. The van der Waals surface area contributed by atoms with Crippen LogP contribution in [0.4, 0.5) is 8.78 Å². The summed E-state index contributed by atoms with van der Waals surface area (Å²) in [5.74, 6) is 1.63. The van der Waals surface area contributed by atoms with Gasteiger partial charge in [0.25, 0.3) is 0 Å². The summed E-state index contributed by atoms with van der Waals surface area (Å²) >= 11 is 0. The third-order valence-corrected chi connectivity index (χ3v) is 3.38. The molecule has 0 spiro atoms. The molecule has 0 saturated carbocycles. The third-order valence-electron chi connectivity index (χ3n) is 3.38. The maximum absolute atomic E-state index is 12.8. The van der Waals surface area contributed by atoms with Gasteiger partial charge in [-0.25, -0.2) is 4.98 Å². The fourth-order valence-electron chi connectivity index (χ4n) is 2.12. The molecule has 9 heteroatoms. The topological polar surface area (TPSA) is 54.7 Å². The number of hydrogen-bond acceptors (Lipinski definition) is 3. The number of nitrogens with zero attached hydrogens (tertiary/aromatic N) is 4. The largest absolute Gasteiger partial charge is 0.492 e. The first-order valence-electron chi connectivity index (χ1n) is 7.51. The molecule has 0 aliphatic heterocycles. The summed E-state index contributed by atoms with van der Waals surface area (Å²) in [5, 5.41) is 3.02. The van der Waals surface area contributed by atoms with Crippen molar-refractivity contribution >= 4 is 29.9 Å². The highest BCUT2D eigenvalue weighted by Crippen LogP contribution is 2.12. The van der Waals surface area contributed by atoms with Crippen LogP contribution in [0.15, 0.2) is 47.7 Å². The summed E-state index contributed by atoms with van der Waals surface area (Å²) in [5.41, 5.74) is 0. The Morgan fingerprint density at radius 2 is 2.08 bits per heavy atom. The zero-order valence-electron chi connectivity index (χ0n) is 14.1. The molecule has 0 aliphatic rings. The average Bonchev–Trinajstić information content (AvgIpc) is 3.05. The first-order chi connectivity index (χ1) is 11.6. The summed E-state index contributed by atoms with van der Waals surface area (Å²) in [4.78, 5) is 9.93. The molecule has 1 aromatic heterocycles. The molecule has 0 bridgehead atoms. The lowest BCUT2D eigenvalue weighted by Crippen LogP contribution is -2.40. The van der Waals surface area contributed by atoms with Gasteiger partial charge in [0.05, 0.1) is 13.1 Å². The van der Waals surface area contributed by atoms with Crippen LogP contribution in [-0.2, 0) is 6.54 Å². The van der Waals surface area contributed by atoms with Crippen LogP contribution in [0.5, 0.6) is 5.75 Å². The Hall–Kier alpha value is -1.91. The molecular weight excluding hydrogens is 443 g/mol. The number of halogens is 3. The minimum absolute atomic E-state index is 0. The van der Waals surface area contributed by atoms with Gasteiger partial charge in [-0.05, 0) is 12.1 Å². The first kappa shape index (κ1) is 21.1. The van der Waals surface area contributed by atoms with Crippen LogP contribution in [0.1, 0.15) is 12.4 Å². The molecule has 2 aromatic rings. The van der Waals surface area contributed by atoms with Crippen LogP contribution < -0.4 is 10.1 Å². The van der Waals surface area contributed by atoms with Crippen molar-refractivity contribution in [2.45, 2.75) is 13.1 Å². The number of likely N-dealkylation sites (N-methyl/N-ethyl adjacent to an activating group) is 1. The molecule has 2 rings (SSSR count). The summed E-state index contributed by atoms with van der Waals surface area (Å²) in [7, 11) is 3.49. The number of imidazole rings is 1. The zero-order chi connectivity index (χ0) is 17.4. The normalized spacial score (nSPS) is 11.2. The molecule has 1 heterocycles. The van der Waals surface area contributed by atoms with Crippen LogP contribution in [0.25, 0.3) is 0 Å². The van der Waals surface area contributed by atoms with Crippen molar-refractivity contribution in [2.24, 2.45) is 4.99 Å². The highest BCUT2D eigenvalue weighted by molar-refractivity contribution is 14.0. The summed E-state index contributed by atoms with van der Waals surface area (Å²) in [6.45, 7) is -1.37. The van der Waals surface area contributed by atoms with Gasteiger partial charge in [-0.3, -0.25) is 9.56 Å². The molecule has 0 saturated heterocycles. The number of aliphatic imine (C=N–C) groups is 1. The van der Waals surface area contributed by atoms with Crippen molar-refractivity contribution in [1.82, 2.24) is 19.8 Å². The highest BCUT2D eigenvalue weighted by Gasteiger charge is 2.12. The van der Waals surface area contributed by atoms with Crippen LogP contribution in [0, 0.1) is 0 Å². The van der Waals surface area contributed by atoms with Gasteiger partial charge in [0, 0.05) is 26.5 Å². The van der Waals surface area contributed by atoms with Crippen LogP contribution in [0.3, 0.4) is 0 Å². The van der Waals surface area contributed by atoms with Crippen molar-refractivity contribution < 1.29 is 13.5 Å². The Balaban J connectivity index is 0.00000312. The first-order valence-corrected chi connectivity index (χ1v) is 7.51. The Kier molecular flexibility index (Phi) is 9.17. The van der Waals surface area contributed by atoms with E-state index in [2.05, 4.69) is 15.3 Å². The second kappa shape index (κ2) is 10.9. The standard InChI is InChI=1S/C16H21F2N5O.HI/c1-19-16(21-12-14-20-8-9-23(14)15(17)18)22(2)10-11-24-13-6-4-3-5-7-13;/h3-9,15H,10-12H2,1-2H3,(H,19,21);1H. The van der Waals surface area contributed by atoms with E-state index < -0.39 is 6.55 Å². The maximum atomic E-state index is 12.8. The third kappa shape index (κ3) is 6.48. The van der Waals surface area contributed by atoms with E-state index >= 15 is 0 Å². The van der Waals surface area contributed by atoms with Crippen LogP contribution >= 0.6 is 24.0 Å². The SMILES string of the molecule is CN=C(NCc1nccn1C(F)F)N(C)CCOc1ccccc1.I. The van der Waals surface area contributed by atoms with Gasteiger partial charge in [0.15, 0.2) is 5.96 Å². The Morgan fingerprint density at radius 1 is 1.36 bits per heavy atom. The van der Waals surface area contributed by atoms with Gasteiger partial charge in [0.1, 0.15) is 18.2 Å². The molecule has 1 aromatic carbocycles. The molecule has 0 atom stereocenters. The van der Waals surface area contributed by atoms with Crippen molar-refractivity contribution in [3.8, 4) is 5.75 Å². The highest BCUT2D eigenvalue weighted by atomic mass is 127. The lowest BCUT2D eigenvalue weighted by Gasteiger charge is -2.22. The number of guanidine groups is 1. The predicted octanol–water partition coefficient (Wildman–Crippen LogP) is 2.98. The fourth-order valence-corrected chi connectivity index (χ4v) is 2.12. The lowest BCUT2D eigenvalue weighted by molar-refractivity contribution is 0.0668. The van der Waals surface area contributed by atoms with E-state index in [1.54, 1.807) is 7.05 Å². The molecule has 0 fully saturated rings. The number of para-hydroxylation sites is 1. The van der Waals surface area contributed by atoms with E-state index in [0.29, 0.717) is 19.1 Å². The van der Waals surface area contributed by atoms with Crippen molar-refractivity contribution in [3.05, 3.63) is 48.5 Å². The van der Waals surface area contributed by atoms with E-state index in [1.807, 2.05) is 42.3 Å². The van der Waals surface area contributed by atoms with Crippen LogP contribution in [-0.4, -0.2) is 47.7 Å². The smallest absolute Gasteiger partial charge is 0.319 e. The van der Waals surface area contributed by atoms with Gasteiger partial charge in [-0.2, -0.15) is 8.78 Å². The van der Waals surface area contributed by atoms with E-state index in [0.717, 1.165) is 10.3 Å². The molecule has 0 aliphatic carbocycles. The number of rotatable bonds is 7. The quantitative estimate of drug-likeness (QED) is 0.388. The Bertz CT molecular complexity index is 651. The maximum Gasteiger partial charge on any atom is 0.319 e. The zero-order valence-corrected chi connectivity index (χ0v) is 16.4. The number of benzene rings is 1. The number of nitrogens with one attached hydrogen (secondary N) is 1. The molecule has 25 heavy (non-hydrogen) atoms. The van der Waals surface area contributed by atoms with Gasteiger partial charge in [0.2, 0.25) is 0 Å². The van der Waals surface area contributed by atoms with Crippen molar-refractivity contribution in [2.75, 3.05) is 27.2 Å². The number of hydrogen-bond donors (Lipinski definition) is 1. The molecule has 0 radical (unpaired) electrons. The molecule has 0 amide bonds. The summed E-state index contributed by atoms with van der Waals surface area (Å²) < 4.78 is 32.0. The fraction of sp³-hybridized carbons (Fsp3) is 0.375. The molecule has 6 nitrogen and oxygen atoms in total. The van der Waals surface area contributed by atoms with E-state index in [9.17, 15) is 8.78 Å². The van der Waals surface area contributed by atoms with Gasteiger partial charge >= 0.3 is 6.55 Å². The number of ether oxygens (including phenoxy) is 1. The van der Waals surface area contributed by atoms with Gasteiger partial charge < -0.3 is 15.0 Å². The number of alkyl halides is 2. The second-order valence-corrected chi connectivity index (χ2v) is 5.01. The van der Waals surface area contributed by atoms with E-state index in [4.69, 9.17) is 4.74 Å². The van der Waals surface area contributed by atoms with Gasteiger partial charge in [-0.1, -0.05) is 18.2 Å². The molecule has 138 valence electrons. The van der Waals surface area contributed by atoms with E-state index in [-0.39, 0.29) is 36.3 Å². The van der Waals surface area contributed by atoms with Gasteiger partial charge in [-0.15, -0.1) is 24.0 Å². The lowest BCUT2D eigenvalue weighted by atomic mass is 10.3. The van der Waals surface area contributed by atoms with Crippen molar-refractivity contribution in [1.29, 1.82) is 0 Å². The van der Waals surface area contributed by atoms with Crippen LogP contribution in [0.2, 0.25) is 0 Å². The Labute approximate surface area is 162 Å². The average molecular weight is 465 g/mol. The number of aromatic nitrogens is 2. The van der Waals surface area contributed by atoms with Crippen molar-refractivity contribution in [3.63, 3.8) is 0 Å². The summed E-state index contributed by atoms with van der Waals surface area (Å²) in [6.07, 6.45) is 2.60. The molecule has 0 unspecified atom stereocenters. The Morgan fingerprint density at radius 3 is 2.72 bits per heavy atom. The predicted molar refractivity (Wildman–Crippen MR) is 104 cm³/mol. The molecular formula is C16H22F2IN5O. The van der Waals surface area contributed by atoms with E-state index in [1.165, 1.54) is 12.4 Å².